The van der Waals surface area contributed by atoms with Gasteiger partial charge in [-0.3, -0.25) is 4.90 Å². The molecule has 5 heteroatoms. The van der Waals surface area contributed by atoms with E-state index in [2.05, 4.69) is 57.2 Å². The minimum atomic E-state index is 0.731. The number of hydrogen-bond donors (Lipinski definition) is 0. The van der Waals surface area contributed by atoms with Crippen LogP contribution in [0.15, 0.2) is 36.4 Å². The highest BCUT2D eigenvalue weighted by Crippen LogP contribution is 2.28. The molecule has 1 aromatic carbocycles. The molecule has 0 aliphatic carbocycles. The SMILES string of the molecule is Cc1cc(N2CCCC2)nc(N2CCN(Cc3ccccc3)CC2)c1C#N. The smallest absolute Gasteiger partial charge is 0.149 e. The van der Waals surface area contributed by atoms with Crippen molar-refractivity contribution in [2.24, 2.45) is 0 Å². The molecule has 0 saturated carbocycles. The fraction of sp³-hybridized carbons (Fsp3) is 0.455. The van der Waals surface area contributed by atoms with Gasteiger partial charge in [0.25, 0.3) is 0 Å². The molecule has 0 amide bonds. The molecule has 0 bridgehead atoms. The van der Waals surface area contributed by atoms with Gasteiger partial charge in [0.1, 0.15) is 17.7 Å². The average Bonchev–Trinajstić information content (AvgIpc) is 3.24. The van der Waals surface area contributed by atoms with Crippen LogP contribution in [0.2, 0.25) is 0 Å². The molecule has 140 valence electrons. The van der Waals surface area contributed by atoms with E-state index in [1.807, 2.05) is 6.92 Å². The second-order valence-electron chi connectivity index (χ2n) is 7.55. The summed E-state index contributed by atoms with van der Waals surface area (Å²) in [7, 11) is 0. The Morgan fingerprint density at radius 2 is 1.67 bits per heavy atom. The van der Waals surface area contributed by atoms with Crippen LogP contribution in [0, 0.1) is 18.3 Å². The summed E-state index contributed by atoms with van der Waals surface area (Å²) in [5.74, 6) is 1.91. The number of aryl methyl sites for hydroxylation is 1. The van der Waals surface area contributed by atoms with Gasteiger partial charge in [-0.25, -0.2) is 4.98 Å². The van der Waals surface area contributed by atoms with Crippen LogP contribution in [-0.2, 0) is 6.54 Å². The summed E-state index contributed by atoms with van der Waals surface area (Å²) >= 11 is 0. The molecule has 0 spiro atoms. The third kappa shape index (κ3) is 3.91. The Hall–Kier alpha value is -2.58. The van der Waals surface area contributed by atoms with E-state index in [1.54, 1.807) is 0 Å². The summed E-state index contributed by atoms with van der Waals surface area (Å²) in [5.41, 5.74) is 3.12. The quantitative estimate of drug-likeness (QED) is 0.837. The molecule has 4 rings (SSSR count). The number of benzene rings is 1. The first-order valence-electron chi connectivity index (χ1n) is 9.92. The molecule has 2 saturated heterocycles. The summed E-state index contributed by atoms with van der Waals surface area (Å²) in [6.45, 7) is 8.98. The monoisotopic (exact) mass is 361 g/mol. The molecule has 2 aliphatic heterocycles. The van der Waals surface area contributed by atoms with Gasteiger partial charge in [0.05, 0.1) is 5.56 Å². The number of anilines is 2. The van der Waals surface area contributed by atoms with Gasteiger partial charge < -0.3 is 9.80 Å². The van der Waals surface area contributed by atoms with E-state index in [0.29, 0.717) is 0 Å². The standard InChI is InChI=1S/C22H27N5/c1-18-15-21(26-9-5-6-10-26)24-22(20(18)16-23)27-13-11-25(12-14-27)17-19-7-3-2-4-8-19/h2-4,7-8,15H,5-6,9-14,17H2,1H3. The molecular weight excluding hydrogens is 334 g/mol. The summed E-state index contributed by atoms with van der Waals surface area (Å²) in [6, 6.07) is 15.1. The first kappa shape index (κ1) is 17.8. The van der Waals surface area contributed by atoms with E-state index in [1.165, 1.54) is 18.4 Å². The Morgan fingerprint density at radius 3 is 2.33 bits per heavy atom. The van der Waals surface area contributed by atoms with Gasteiger partial charge in [-0.15, -0.1) is 0 Å². The maximum Gasteiger partial charge on any atom is 0.149 e. The molecule has 0 radical (unpaired) electrons. The number of rotatable bonds is 4. The topological polar surface area (TPSA) is 46.4 Å². The Kier molecular flexibility index (Phi) is 5.26. The number of nitriles is 1. The molecule has 0 unspecified atom stereocenters. The molecule has 1 aromatic heterocycles. The first-order valence-corrected chi connectivity index (χ1v) is 9.92. The molecule has 2 fully saturated rings. The van der Waals surface area contributed by atoms with Gasteiger partial charge in [-0.05, 0) is 37.0 Å². The van der Waals surface area contributed by atoms with Crippen molar-refractivity contribution in [1.82, 2.24) is 9.88 Å². The molecule has 0 N–H and O–H groups in total. The third-order valence-corrected chi connectivity index (χ3v) is 5.65. The molecule has 2 aliphatic rings. The Balaban J connectivity index is 1.49. The van der Waals surface area contributed by atoms with Gasteiger partial charge in [0, 0.05) is 45.8 Å². The van der Waals surface area contributed by atoms with Gasteiger partial charge in [-0.1, -0.05) is 30.3 Å². The summed E-state index contributed by atoms with van der Waals surface area (Å²) in [6.07, 6.45) is 2.46. The van der Waals surface area contributed by atoms with E-state index < -0.39 is 0 Å². The van der Waals surface area contributed by atoms with Crippen molar-refractivity contribution in [2.75, 3.05) is 49.1 Å². The Labute approximate surface area is 161 Å². The van der Waals surface area contributed by atoms with Crippen LogP contribution in [-0.4, -0.2) is 49.2 Å². The van der Waals surface area contributed by atoms with Crippen molar-refractivity contribution in [3.8, 4) is 6.07 Å². The molecular formula is C22H27N5. The highest BCUT2D eigenvalue weighted by atomic mass is 15.3. The van der Waals surface area contributed by atoms with E-state index >= 15 is 0 Å². The van der Waals surface area contributed by atoms with E-state index in [-0.39, 0.29) is 0 Å². The number of piperazine rings is 1. The molecule has 2 aromatic rings. The maximum atomic E-state index is 9.69. The highest BCUT2D eigenvalue weighted by molar-refractivity contribution is 5.63. The van der Waals surface area contributed by atoms with Crippen LogP contribution in [0.5, 0.6) is 0 Å². The maximum absolute atomic E-state index is 9.69. The van der Waals surface area contributed by atoms with Crippen molar-refractivity contribution in [2.45, 2.75) is 26.3 Å². The predicted molar refractivity (Wildman–Crippen MR) is 109 cm³/mol. The van der Waals surface area contributed by atoms with Crippen LogP contribution in [0.25, 0.3) is 0 Å². The van der Waals surface area contributed by atoms with Crippen molar-refractivity contribution in [3.63, 3.8) is 0 Å². The zero-order chi connectivity index (χ0) is 18.6. The second-order valence-corrected chi connectivity index (χ2v) is 7.55. The fourth-order valence-electron chi connectivity index (χ4n) is 4.07. The van der Waals surface area contributed by atoms with Crippen LogP contribution in [0.1, 0.15) is 29.5 Å². The molecule has 5 nitrogen and oxygen atoms in total. The summed E-state index contributed by atoms with van der Waals surface area (Å²) in [5, 5.41) is 9.69. The van der Waals surface area contributed by atoms with E-state index in [9.17, 15) is 5.26 Å². The van der Waals surface area contributed by atoms with Crippen LogP contribution in [0.3, 0.4) is 0 Å². The Bertz CT molecular complexity index is 813. The van der Waals surface area contributed by atoms with E-state index in [0.717, 1.165) is 68.6 Å². The average molecular weight is 361 g/mol. The van der Waals surface area contributed by atoms with Crippen LogP contribution in [0.4, 0.5) is 11.6 Å². The number of hydrogen-bond acceptors (Lipinski definition) is 5. The number of aromatic nitrogens is 1. The van der Waals surface area contributed by atoms with Crippen molar-refractivity contribution in [3.05, 3.63) is 53.1 Å². The van der Waals surface area contributed by atoms with Gasteiger partial charge in [-0.2, -0.15) is 5.26 Å². The molecule has 27 heavy (non-hydrogen) atoms. The molecule has 3 heterocycles. The number of pyridine rings is 1. The van der Waals surface area contributed by atoms with Crippen LogP contribution >= 0.6 is 0 Å². The van der Waals surface area contributed by atoms with Crippen molar-refractivity contribution < 1.29 is 0 Å². The van der Waals surface area contributed by atoms with Gasteiger partial charge >= 0.3 is 0 Å². The zero-order valence-corrected chi connectivity index (χ0v) is 16.1. The van der Waals surface area contributed by atoms with Crippen molar-refractivity contribution >= 4 is 11.6 Å². The predicted octanol–water partition coefficient (Wildman–Crippen LogP) is 3.18. The van der Waals surface area contributed by atoms with Gasteiger partial charge in [0.15, 0.2) is 0 Å². The van der Waals surface area contributed by atoms with E-state index in [4.69, 9.17) is 4.98 Å². The summed E-state index contributed by atoms with van der Waals surface area (Å²) in [4.78, 5) is 12.1. The lowest BCUT2D eigenvalue weighted by atomic mass is 10.1. The van der Waals surface area contributed by atoms with Crippen LogP contribution < -0.4 is 9.80 Å². The first-order chi connectivity index (χ1) is 13.2. The summed E-state index contributed by atoms with van der Waals surface area (Å²) < 4.78 is 0. The highest BCUT2D eigenvalue weighted by Gasteiger charge is 2.24. The normalized spacial score (nSPS) is 17.9. The second kappa shape index (κ2) is 7.98. The lowest BCUT2D eigenvalue weighted by molar-refractivity contribution is 0.249. The lowest BCUT2D eigenvalue weighted by Crippen LogP contribution is -2.46. The van der Waals surface area contributed by atoms with Gasteiger partial charge in [0.2, 0.25) is 0 Å². The van der Waals surface area contributed by atoms with Crippen molar-refractivity contribution in [1.29, 1.82) is 5.26 Å². The lowest BCUT2D eigenvalue weighted by Gasteiger charge is -2.36. The minimum absolute atomic E-state index is 0.731. The minimum Gasteiger partial charge on any atom is -0.357 e. The molecule has 0 atom stereocenters. The Morgan fingerprint density at radius 1 is 0.963 bits per heavy atom. The zero-order valence-electron chi connectivity index (χ0n) is 16.1. The largest absolute Gasteiger partial charge is 0.357 e. The number of nitrogens with zero attached hydrogens (tertiary/aromatic N) is 5. The fourth-order valence-corrected chi connectivity index (χ4v) is 4.07. The third-order valence-electron chi connectivity index (χ3n) is 5.65.